The molecule has 1 aromatic heterocycles. The molecule has 1 saturated heterocycles. The maximum atomic E-state index is 13.2. The zero-order chi connectivity index (χ0) is 22.5. The van der Waals surface area contributed by atoms with Crippen molar-refractivity contribution in [1.29, 1.82) is 0 Å². The fourth-order valence-electron chi connectivity index (χ4n) is 4.01. The molecule has 1 aliphatic rings. The molecule has 7 nitrogen and oxygen atoms in total. The van der Waals surface area contributed by atoms with Crippen LogP contribution in [0.3, 0.4) is 0 Å². The first-order valence-corrected chi connectivity index (χ1v) is 10.5. The van der Waals surface area contributed by atoms with E-state index in [4.69, 9.17) is 14.2 Å². The van der Waals surface area contributed by atoms with Crippen LogP contribution in [0.1, 0.15) is 40.5 Å². The van der Waals surface area contributed by atoms with Gasteiger partial charge in [0.15, 0.2) is 5.75 Å². The van der Waals surface area contributed by atoms with Crippen molar-refractivity contribution in [1.82, 2.24) is 9.88 Å². The van der Waals surface area contributed by atoms with Crippen LogP contribution in [0.5, 0.6) is 17.2 Å². The lowest BCUT2D eigenvalue weighted by Gasteiger charge is -2.26. The lowest BCUT2D eigenvalue weighted by Crippen LogP contribution is -2.32. The Morgan fingerprint density at radius 3 is 2.59 bits per heavy atom. The summed E-state index contributed by atoms with van der Waals surface area (Å²) in [5.41, 5.74) is 1.78. The van der Waals surface area contributed by atoms with Gasteiger partial charge in [0.25, 0.3) is 5.91 Å². The summed E-state index contributed by atoms with van der Waals surface area (Å²) in [6, 6.07) is 16.4. The Bertz CT molecular complexity index is 1140. The summed E-state index contributed by atoms with van der Waals surface area (Å²) >= 11 is 0. The summed E-state index contributed by atoms with van der Waals surface area (Å²) in [6.45, 7) is 0.885. The number of hydrogen-bond donors (Lipinski definition) is 1. The minimum atomic E-state index is -0.333. The maximum absolute atomic E-state index is 13.2. The molecule has 1 fully saturated rings. The van der Waals surface area contributed by atoms with E-state index in [1.54, 1.807) is 19.1 Å². The van der Waals surface area contributed by atoms with Gasteiger partial charge in [0.2, 0.25) is 5.43 Å². The van der Waals surface area contributed by atoms with Crippen molar-refractivity contribution in [3.8, 4) is 17.2 Å². The molecule has 0 aliphatic carbocycles. The number of carbonyl (C=O) groups is 1. The Morgan fingerprint density at radius 2 is 1.88 bits per heavy atom. The Balaban J connectivity index is 1.52. The topological polar surface area (TPSA) is 80.9 Å². The van der Waals surface area contributed by atoms with Gasteiger partial charge in [-0.3, -0.25) is 9.59 Å². The number of benzene rings is 2. The van der Waals surface area contributed by atoms with Crippen LogP contribution in [0.4, 0.5) is 0 Å². The van der Waals surface area contributed by atoms with E-state index >= 15 is 0 Å². The number of aromatic nitrogens is 1. The molecule has 0 radical (unpaired) electrons. The van der Waals surface area contributed by atoms with Crippen LogP contribution in [0.15, 0.2) is 65.6 Å². The van der Waals surface area contributed by atoms with Gasteiger partial charge in [-0.05, 0) is 30.5 Å². The molecule has 7 heteroatoms. The van der Waals surface area contributed by atoms with Crippen molar-refractivity contribution >= 4 is 5.91 Å². The SMILES string of the molecule is COc1ccc([C@@H]2CCCN2C(=O)c2cc(=O)c(OCc3ccccc3)c[nH]2)c(OC)c1. The first kappa shape index (κ1) is 21.5. The van der Waals surface area contributed by atoms with Crippen LogP contribution in [0.2, 0.25) is 0 Å². The molecule has 3 aromatic rings. The second kappa shape index (κ2) is 9.60. The van der Waals surface area contributed by atoms with Crippen molar-refractivity contribution in [2.45, 2.75) is 25.5 Å². The van der Waals surface area contributed by atoms with Crippen molar-refractivity contribution in [2.75, 3.05) is 20.8 Å². The Hall–Kier alpha value is -3.74. The second-order valence-electron chi connectivity index (χ2n) is 7.61. The number of nitrogens with zero attached hydrogens (tertiary/aromatic N) is 1. The van der Waals surface area contributed by atoms with Crippen LogP contribution in [-0.4, -0.2) is 36.6 Å². The fraction of sp³-hybridized carbons (Fsp3) is 0.280. The lowest BCUT2D eigenvalue weighted by atomic mass is 10.0. The van der Waals surface area contributed by atoms with Gasteiger partial charge in [0, 0.05) is 30.4 Å². The highest BCUT2D eigenvalue weighted by Crippen LogP contribution is 2.39. The van der Waals surface area contributed by atoms with E-state index in [1.807, 2.05) is 48.5 Å². The number of hydrogen-bond acceptors (Lipinski definition) is 5. The summed E-state index contributed by atoms with van der Waals surface area (Å²) in [5.74, 6) is 1.32. The van der Waals surface area contributed by atoms with Crippen LogP contribution in [-0.2, 0) is 6.61 Å². The van der Waals surface area contributed by atoms with Gasteiger partial charge < -0.3 is 24.1 Å². The van der Waals surface area contributed by atoms with Gasteiger partial charge in [0.1, 0.15) is 23.8 Å². The standard InChI is InChI=1S/C25H26N2O5/c1-30-18-10-11-19(23(13-18)31-2)21-9-6-12-27(21)25(29)20-14-22(28)24(15-26-20)32-16-17-7-4-3-5-8-17/h3-5,7-8,10-11,13-15,21H,6,9,12,16H2,1-2H3,(H,26,28)/t21-/m0/s1. The molecule has 1 N–H and O–H groups in total. The number of aromatic amines is 1. The molecule has 0 unspecified atom stereocenters. The summed E-state index contributed by atoms with van der Waals surface area (Å²) < 4.78 is 16.4. The van der Waals surface area contributed by atoms with Crippen LogP contribution in [0, 0.1) is 0 Å². The van der Waals surface area contributed by atoms with E-state index in [2.05, 4.69) is 4.98 Å². The Labute approximate surface area is 186 Å². The van der Waals surface area contributed by atoms with E-state index in [-0.39, 0.29) is 35.4 Å². The van der Waals surface area contributed by atoms with Crippen molar-refractivity contribution < 1.29 is 19.0 Å². The third-order valence-corrected chi connectivity index (χ3v) is 5.66. The highest BCUT2D eigenvalue weighted by atomic mass is 16.5. The van der Waals surface area contributed by atoms with Crippen molar-refractivity contribution in [3.05, 3.63) is 87.8 Å². The zero-order valence-electron chi connectivity index (χ0n) is 18.2. The number of methoxy groups -OCH3 is 2. The minimum absolute atomic E-state index is 0.138. The van der Waals surface area contributed by atoms with E-state index in [9.17, 15) is 9.59 Å². The van der Waals surface area contributed by atoms with Gasteiger partial charge in [-0.2, -0.15) is 0 Å². The molecule has 2 aromatic carbocycles. The Kier molecular flexibility index (Phi) is 6.44. The molecule has 1 aliphatic heterocycles. The number of rotatable bonds is 7. The fourth-order valence-corrected chi connectivity index (χ4v) is 4.01. The van der Waals surface area contributed by atoms with Gasteiger partial charge in [-0.1, -0.05) is 30.3 Å². The number of pyridine rings is 1. The van der Waals surface area contributed by atoms with Gasteiger partial charge >= 0.3 is 0 Å². The smallest absolute Gasteiger partial charge is 0.270 e. The largest absolute Gasteiger partial charge is 0.497 e. The summed E-state index contributed by atoms with van der Waals surface area (Å²) in [6.07, 6.45) is 3.14. The lowest BCUT2D eigenvalue weighted by molar-refractivity contribution is 0.0728. The van der Waals surface area contributed by atoms with E-state index in [1.165, 1.54) is 12.3 Å². The van der Waals surface area contributed by atoms with Gasteiger partial charge in [-0.25, -0.2) is 0 Å². The van der Waals surface area contributed by atoms with Crippen molar-refractivity contribution in [3.63, 3.8) is 0 Å². The van der Waals surface area contributed by atoms with Crippen LogP contribution in [0.25, 0.3) is 0 Å². The normalized spacial score (nSPS) is 15.4. The minimum Gasteiger partial charge on any atom is -0.497 e. The first-order chi connectivity index (χ1) is 15.6. The molecule has 0 saturated carbocycles. The molecular weight excluding hydrogens is 408 g/mol. The molecule has 32 heavy (non-hydrogen) atoms. The van der Waals surface area contributed by atoms with E-state index < -0.39 is 0 Å². The number of amides is 1. The maximum Gasteiger partial charge on any atom is 0.270 e. The molecule has 166 valence electrons. The van der Waals surface area contributed by atoms with Gasteiger partial charge in [0.05, 0.1) is 20.3 Å². The molecule has 1 amide bonds. The molecular formula is C25H26N2O5. The third kappa shape index (κ3) is 4.46. The average Bonchev–Trinajstić information content (AvgIpc) is 3.32. The van der Waals surface area contributed by atoms with Crippen LogP contribution >= 0.6 is 0 Å². The third-order valence-electron chi connectivity index (χ3n) is 5.66. The average molecular weight is 434 g/mol. The number of likely N-dealkylation sites (tertiary alicyclic amines) is 1. The second-order valence-corrected chi connectivity index (χ2v) is 7.61. The quantitative estimate of drug-likeness (QED) is 0.609. The first-order valence-electron chi connectivity index (χ1n) is 10.5. The van der Waals surface area contributed by atoms with Gasteiger partial charge in [-0.15, -0.1) is 0 Å². The predicted octanol–water partition coefficient (Wildman–Crippen LogP) is 3.95. The Morgan fingerprint density at radius 1 is 1.06 bits per heavy atom. The molecule has 0 spiro atoms. The molecule has 1 atom stereocenters. The zero-order valence-corrected chi connectivity index (χ0v) is 18.2. The predicted molar refractivity (Wildman–Crippen MR) is 120 cm³/mol. The van der Waals surface area contributed by atoms with E-state index in [0.29, 0.717) is 18.0 Å². The highest BCUT2D eigenvalue weighted by Gasteiger charge is 2.33. The molecule has 2 heterocycles. The summed E-state index contributed by atoms with van der Waals surface area (Å²) in [5, 5.41) is 0. The molecule has 0 bridgehead atoms. The number of ether oxygens (including phenoxy) is 3. The summed E-state index contributed by atoms with van der Waals surface area (Å²) in [7, 11) is 3.20. The monoisotopic (exact) mass is 434 g/mol. The number of H-pyrrole nitrogens is 1. The highest BCUT2D eigenvalue weighted by molar-refractivity contribution is 5.93. The number of nitrogens with one attached hydrogen (secondary N) is 1. The van der Waals surface area contributed by atoms with Crippen LogP contribution < -0.4 is 19.6 Å². The summed E-state index contributed by atoms with van der Waals surface area (Å²) in [4.78, 5) is 30.5. The number of carbonyl (C=O) groups excluding carboxylic acids is 1. The van der Waals surface area contributed by atoms with E-state index in [0.717, 1.165) is 24.0 Å². The van der Waals surface area contributed by atoms with Crippen molar-refractivity contribution in [2.24, 2.45) is 0 Å². The molecule has 4 rings (SSSR count).